The lowest BCUT2D eigenvalue weighted by Gasteiger charge is -2.60. The fraction of sp³-hybridized carbons (Fsp3) is 1.00. The first-order valence-electron chi connectivity index (χ1n) is 9.21. The van der Waals surface area contributed by atoms with Crippen LogP contribution in [-0.2, 0) is 0 Å². The summed E-state index contributed by atoms with van der Waals surface area (Å²) in [6, 6.07) is 0. The topological polar surface area (TPSA) is 20.2 Å². The largest absolute Gasteiger partial charge is 0.393 e. The summed E-state index contributed by atoms with van der Waals surface area (Å²) in [5.74, 6) is 3.85. The van der Waals surface area contributed by atoms with Crippen LogP contribution in [0.1, 0.15) is 78.1 Å². The number of hydrogen-bond donors (Lipinski definition) is 1. The van der Waals surface area contributed by atoms with Gasteiger partial charge in [0, 0.05) is 0 Å². The Morgan fingerprint density at radius 3 is 2.55 bits per heavy atom. The van der Waals surface area contributed by atoms with Crippen LogP contribution in [0.4, 0.5) is 0 Å². The van der Waals surface area contributed by atoms with Gasteiger partial charge in [-0.15, -0.1) is 0 Å². The van der Waals surface area contributed by atoms with E-state index in [4.69, 9.17) is 0 Å². The second-order valence-electron chi connectivity index (χ2n) is 9.17. The monoisotopic (exact) mass is 276 g/mol. The van der Waals surface area contributed by atoms with E-state index in [-0.39, 0.29) is 6.10 Å². The van der Waals surface area contributed by atoms with Gasteiger partial charge in [0.2, 0.25) is 0 Å². The first-order valence-corrected chi connectivity index (χ1v) is 9.21. The highest BCUT2D eigenvalue weighted by Crippen LogP contribution is 2.66. The SMILES string of the molecule is CC12CCC(O)CC1CCC1C2CC[C@]2(C)CCCC12. The van der Waals surface area contributed by atoms with Crippen LogP contribution in [0.25, 0.3) is 0 Å². The fourth-order valence-corrected chi connectivity index (χ4v) is 7.23. The van der Waals surface area contributed by atoms with Crippen molar-refractivity contribution in [3.63, 3.8) is 0 Å². The van der Waals surface area contributed by atoms with Gasteiger partial charge in [0.25, 0.3) is 0 Å². The molecule has 0 aliphatic heterocycles. The van der Waals surface area contributed by atoms with Gasteiger partial charge >= 0.3 is 0 Å². The summed E-state index contributed by atoms with van der Waals surface area (Å²) < 4.78 is 0. The van der Waals surface area contributed by atoms with Crippen molar-refractivity contribution in [1.29, 1.82) is 0 Å². The van der Waals surface area contributed by atoms with E-state index in [0.29, 0.717) is 10.8 Å². The first kappa shape index (κ1) is 13.6. The zero-order valence-corrected chi connectivity index (χ0v) is 13.4. The highest BCUT2D eigenvalue weighted by atomic mass is 16.3. The Balaban J connectivity index is 1.62. The summed E-state index contributed by atoms with van der Waals surface area (Å²) in [4.78, 5) is 0. The molecule has 7 atom stereocenters. The molecule has 0 saturated heterocycles. The van der Waals surface area contributed by atoms with Gasteiger partial charge in [-0.1, -0.05) is 20.3 Å². The predicted molar refractivity (Wildman–Crippen MR) is 82.4 cm³/mol. The summed E-state index contributed by atoms with van der Waals surface area (Å²) in [7, 11) is 0. The molecule has 0 amide bonds. The third kappa shape index (κ3) is 1.77. The molecule has 6 unspecified atom stereocenters. The van der Waals surface area contributed by atoms with Gasteiger partial charge in [0.15, 0.2) is 0 Å². The van der Waals surface area contributed by atoms with Crippen molar-refractivity contribution >= 4 is 0 Å². The Morgan fingerprint density at radius 1 is 0.850 bits per heavy atom. The van der Waals surface area contributed by atoms with Crippen LogP contribution in [0, 0.1) is 34.5 Å². The third-order valence-corrected chi connectivity index (χ3v) is 8.42. The summed E-state index contributed by atoms with van der Waals surface area (Å²) in [5.41, 5.74) is 1.25. The van der Waals surface area contributed by atoms with Crippen LogP contribution in [0.3, 0.4) is 0 Å². The Hall–Kier alpha value is -0.0400. The highest BCUT2D eigenvalue weighted by Gasteiger charge is 2.57. The number of fused-ring (bicyclic) bond motifs is 5. The van der Waals surface area contributed by atoms with Gasteiger partial charge in [-0.25, -0.2) is 0 Å². The maximum atomic E-state index is 10.0. The molecule has 4 saturated carbocycles. The van der Waals surface area contributed by atoms with E-state index in [2.05, 4.69) is 13.8 Å². The molecule has 4 rings (SSSR count). The number of aliphatic hydroxyl groups is 1. The lowest BCUT2D eigenvalue weighted by molar-refractivity contribution is -0.120. The van der Waals surface area contributed by atoms with E-state index < -0.39 is 0 Å². The van der Waals surface area contributed by atoms with E-state index in [1.807, 2.05) is 0 Å². The second-order valence-corrected chi connectivity index (χ2v) is 9.17. The zero-order chi connectivity index (χ0) is 14.0. The van der Waals surface area contributed by atoms with Crippen LogP contribution in [-0.4, -0.2) is 11.2 Å². The Labute approximate surface area is 124 Å². The third-order valence-electron chi connectivity index (χ3n) is 8.42. The van der Waals surface area contributed by atoms with E-state index in [1.165, 1.54) is 51.4 Å². The molecule has 1 nitrogen and oxygen atoms in total. The lowest BCUT2D eigenvalue weighted by Crippen LogP contribution is -2.53. The van der Waals surface area contributed by atoms with Crippen LogP contribution in [0.2, 0.25) is 0 Å². The molecular formula is C19H32O. The predicted octanol–water partition coefficient (Wildman–Crippen LogP) is 4.78. The van der Waals surface area contributed by atoms with Crippen molar-refractivity contribution in [2.24, 2.45) is 34.5 Å². The molecule has 0 radical (unpaired) electrons. The van der Waals surface area contributed by atoms with Crippen molar-refractivity contribution in [2.45, 2.75) is 84.2 Å². The van der Waals surface area contributed by atoms with Gasteiger partial charge < -0.3 is 5.11 Å². The number of rotatable bonds is 0. The summed E-state index contributed by atoms with van der Waals surface area (Å²) in [5, 5.41) is 10.0. The van der Waals surface area contributed by atoms with Crippen LogP contribution < -0.4 is 0 Å². The summed E-state index contributed by atoms with van der Waals surface area (Å²) in [6.07, 6.45) is 13.8. The van der Waals surface area contributed by atoms with Gasteiger partial charge in [-0.3, -0.25) is 0 Å². The van der Waals surface area contributed by atoms with Crippen LogP contribution in [0.5, 0.6) is 0 Å². The molecule has 1 heteroatoms. The van der Waals surface area contributed by atoms with Gasteiger partial charge in [0.05, 0.1) is 6.10 Å². The van der Waals surface area contributed by atoms with Gasteiger partial charge in [-0.05, 0) is 92.3 Å². The minimum Gasteiger partial charge on any atom is -0.393 e. The molecule has 0 aromatic heterocycles. The quantitative estimate of drug-likeness (QED) is 0.675. The molecule has 0 aromatic rings. The molecule has 4 aliphatic carbocycles. The summed E-state index contributed by atoms with van der Waals surface area (Å²) in [6.45, 7) is 5.19. The van der Waals surface area contributed by atoms with E-state index in [9.17, 15) is 5.11 Å². The maximum Gasteiger partial charge on any atom is 0.0543 e. The normalized spacial score (nSPS) is 58.6. The zero-order valence-electron chi connectivity index (χ0n) is 13.4. The molecule has 0 bridgehead atoms. The average molecular weight is 276 g/mol. The molecule has 0 spiro atoms. The molecule has 1 N–H and O–H groups in total. The van der Waals surface area contributed by atoms with E-state index in [0.717, 1.165) is 36.5 Å². The van der Waals surface area contributed by atoms with Gasteiger partial charge in [-0.2, -0.15) is 0 Å². The minimum absolute atomic E-state index is 0.00459. The molecular weight excluding hydrogens is 244 g/mol. The first-order chi connectivity index (χ1) is 9.53. The molecule has 4 aliphatic rings. The molecule has 114 valence electrons. The minimum atomic E-state index is 0.00459. The van der Waals surface area contributed by atoms with Crippen molar-refractivity contribution in [2.75, 3.05) is 0 Å². The average Bonchev–Trinajstić information content (AvgIpc) is 2.81. The smallest absolute Gasteiger partial charge is 0.0543 e. The Morgan fingerprint density at radius 2 is 1.70 bits per heavy atom. The van der Waals surface area contributed by atoms with E-state index >= 15 is 0 Å². The highest BCUT2D eigenvalue weighted by molar-refractivity contribution is 5.07. The molecule has 0 heterocycles. The fourth-order valence-electron chi connectivity index (χ4n) is 7.23. The van der Waals surface area contributed by atoms with Gasteiger partial charge in [0.1, 0.15) is 0 Å². The Kier molecular flexibility index (Phi) is 3.05. The summed E-state index contributed by atoms with van der Waals surface area (Å²) >= 11 is 0. The van der Waals surface area contributed by atoms with Crippen molar-refractivity contribution in [1.82, 2.24) is 0 Å². The standard InChI is InChI=1S/C19H32O/c1-18-9-3-4-16(18)15-6-5-13-12-14(20)7-11-19(13,2)17(15)8-10-18/h13-17,20H,3-12H2,1-2H3/t13?,14?,15?,16?,17?,18-,19?/m0/s1. The maximum absolute atomic E-state index is 10.0. The van der Waals surface area contributed by atoms with E-state index in [1.54, 1.807) is 0 Å². The molecule has 4 fully saturated rings. The lowest BCUT2D eigenvalue weighted by atomic mass is 9.45. The Bertz CT molecular complexity index is 391. The van der Waals surface area contributed by atoms with Crippen LogP contribution >= 0.6 is 0 Å². The molecule has 20 heavy (non-hydrogen) atoms. The van der Waals surface area contributed by atoms with Crippen molar-refractivity contribution in [3.05, 3.63) is 0 Å². The second kappa shape index (κ2) is 4.48. The van der Waals surface area contributed by atoms with Crippen molar-refractivity contribution in [3.8, 4) is 0 Å². The van der Waals surface area contributed by atoms with Crippen molar-refractivity contribution < 1.29 is 5.11 Å². The number of aliphatic hydroxyl groups excluding tert-OH is 1. The molecule has 0 aromatic carbocycles. The van der Waals surface area contributed by atoms with Crippen LogP contribution in [0.15, 0.2) is 0 Å². The number of hydrogen-bond acceptors (Lipinski definition) is 1.